The van der Waals surface area contributed by atoms with E-state index in [1.54, 1.807) is 6.92 Å². The molecule has 2 heterocycles. The molecule has 37 heavy (non-hydrogen) atoms. The Morgan fingerprint density at radius 3 is 2.41 bits per heavy atom. The molecule has 3 aromatic rings. The third kappa shape index (κ3) is 6.65. The highest BCUT2D eigenvalue weighted by molar-refractivity contribution is 5.85. The number of hydrogen-bond donors (Lipinski definition) is 1. The largest absolute Gasteiger partial charge is 0.344 e. The van der Waals surface area contributed by atoms with E-state index in [1.165, 1.54) is 59.7 Å². The first-order chi connectivity index (χ1) is 18.1. The third-order valence-corrected chi connectivity index (χ3v) is 8.37. The second-order valence-corrected chi connectivity index (χ2v) is 10.8. The summed E-state index contributed by atoms with van der Waals surface area (Å²) in [7, 11) is 0. The third-order valence-electron chi connectivity index (χ3n) is 8.37. The lowest BCUT2D eigenvalue weighted by Gasteiger charge is -2.32. The molecule has 4 heteroatoms. The van der Waals surface area contributed by atoms with Crippen LogP contribution in [0.25, 0.3) is 10.9 Å². The SMILES string of the molecule is CC.CC(=O)N1CCC(NCCC(c2cccc(C)c2)c2cn(C3CCCCC3)c3ccccc23)CC1. The number of nitrogens with zero attached hydrogens (tertiary/aromatic N) is 2. The fraction of sp³-hybridized carbons (Fsp3) is 0.545. The van der Waals surface area contributed by atoms with Crippen molar-refractivity contribution < 1.29 is 4.79 Å². The van der Waals surface area contributed by atoms with E-state index >= 15 is 0 Å². The highest BCUT2D eigenvalue weighted by atomic mass is 16.2. The number of fused-ring (bicyclic) bond motifs is 1. The van der Waals surface area contributed by atoms with Crippen molar-refractivity contribution in [3.8, 4) is 0 Å². The Hall–Kier alpha value is -2.59. The van der Waals surface area contributed by atoms with Gasteiger partial charge in [-0.25, -0.2) is 0 Å². The second-order valence-electron chi connectivity index (χ2n) is 10.8. The first-order valence-electron chi connectivity index (χ1n) is 14.7. The second kappa shape index (κ2) is 13.3. The minimum absolute atomic E-state index is 0.206. The zero-order valence-electron chi connectivity index (χ0n) is 23.5. The molecule has 0 bridgehead atoms. The van der Waals surface area contributed by atoms with Crippen LogP contribution < -0.4 is 5.32 Å². The molecule has 1 unspecified atom stereocenters. The molecule has 0 spiro atoms. The summed E-state index contributed by atoms with van der Waals surface area (Å²) in [5.41, 5.74) is 5.62. The highest BCUT2D eigenvalue weighted by Gasteiger charge is 2.25. The molecule has 1 saturated carbocycles. The van der Waals surface area contributed by atoms with E-state index in [1.807, 2.05) is 18.7 Å². The summed E-state index contributed by atoms with van der Waals surface area (Å²) in [6.45, 7) is 10.6. The van der Waals surface area contributed by atoms with Gasteiger partial charge in [-0.2, -0.15) is 0 Å². The predicted octanol–water partition coefficient (Wildman–Crippen LogP) is 7.60. The van der Waals surface area contributed by atoms with Gasteiger partial charge >= 0.3 is 0 Å². The van der Waals surface area contributed by atoms with E-state index in [2.05, 4.69) is 71.5 Å². The number of aromatic nitrogens is 1. The Labute approximate surface area is 224 Å². The van der Waals surface area contributed by atoms with Gasteiger partial charge in [0.1, 0.15) is 0 Å². The van der Waals surface area contributed by atoms with Crippen molar-refractivity contribution in [3.63, 3.8) is 0 Å². The molecule has 1 amide bonds. The van der Waals surface area contributed by atoms with Gasteiger partial charge in [0.05, 0.1) is 0 Å². The van der Waals surface area contributed by atoms with Crippen LogP contribution in [0.15, 0.2) is 54.7 Å². The molecule has 1 N–H and O–H groups in total. The van der Waals surface area contributed by atoms with E-state index in [0.717, 1.165) is 38.9 Å². The normalized spacial score (nSPS) is 17.9. The van der Waals surface area contributed by atoms with Crippen LogP contribution in [0.2, 0.25) is 0 Å². The molecule has 200 valence electrons. The predicted molar refractivity (Wildman–Crippen MR) is 156 cm³/mol. The summed E-state index contributed by atoms with van der Waals surface area (Å²) in [5.74, 6) is 0.576. The zero-order chi connectivity index (χ0) is 26.2. The van der Waals surface area contributed by atoms with E-state index in [4.69, 9.17) is 0 Å². The summed E-state index contributed by atoms with van der Waals surface area (Å²) >= 11 is 0. The molecule has 0 radical (unpaired) electrons. The summed E-state index contributed by atoms with van der Waals surface area (Å²) in [4.78, 5) is 13.7. The van der Waals surface area contributed by atoms with Crippen molar-refractivity contribution in [1.82, 2.24) is 14.8 Å². The molecule has 1 saturated heterocycles. The molecular formula is C33H47N3O. The fourth-order valence-electron chi connectivity index (χ4n) is 6.39. The number of amides is 1. The number of rotatable bonds is 7. The van der Waals surface area contributed by atoms with Crippen LogP contribution in [0.3, 0.4) is 0 Å². The Morgan fingerprint density at radius 1 is 0.973 bits per heavy atom. The van der Waals surface area contributed by atoms with E-state index in [9.17, 15) is 4.79 Å². The van der Waals surface area contributed by atoms with Crippen molar-refractivity contribution in [2.75, 3.05) is 19.6 Å². The molecule has 1 atom stereocenters. The van der Waals surface area contributed by atoms with E-state index in [0.29, 0.717) is 18.0 Å². The summed E-state index contributed by atoms with van der Waals surface area (Å²) in [6, 6.07) is 19.3. The maximum Gasteiger partial charge on any atom is 0.219 e. The van der Waals surface area contributed by atoms with Crippen molar-refractivity contribution in [1.29, 1.82) is 0 Å². The van der Waals surface area contributed by atoms with Crippen molar-refractivity contribution in [2.45, 2.75) is 97.1 Å². The molecule has 4 nitrogen and oxygen atoms in total. The number of hydrogen-bond acceptors (Lipinski definition) is 2. The lowest BCUT2D eigenvalue weighted by Crippen LogP contribution is -2.44. The topological polar surface area (TPSA) is 37.3 Å². The zero-order valence-corrected chi connectivity index (χ0v) is 23.5. The Kier molecular flexibility index (Phi) is 9.85. The number of nitrogens with one attached hydrogen (secondary N) is 1. The van der Waals surface area contributed by atoms with Gasteiger partial charge in [0.15, 0.2) is 0 Å². The maximum atomic E-state index is 11.7. The van der Waals surface area contributed by atoms with Gasteiger partial charge in [-0.15, -0.1) is 0 Å². The minimum atomic E-state index is 0.206. The molecular weight excluding hydrogens is 454 g/mol. The molecule has 1 aliphatic carbocycles. The number of piperidine rings is 1. The van der Waals surface area contributed by atoms with Gasteiger partial charge in [-0.1, -0.05) is 81.1 Å². The molecule has 2 aromatic carbocycles. The molecule has 1 aliphatic heterocycles. The average molecular weight is 502 g/mol. The lowest BCUT2D eigenvalue weighted by molar-refractivity contribution is -0.129. The van der Waals surface area contributed by atoms with Crippen molar-refractivity contribution in [3.05, 3.63) is 71.4 Å². The van der Waals surface area contributed by atoms with Gasteiger partial charge in [-0.3, -0.25) is 4.79 Å². The number of aryl methyl sites for hydroxylation is 1. The maximum absolute atomic E-state index is 11.7. The Balaban J connectivity index is 0.00000156. The standard InChI is InChI=1S/C31H41N3O.C2H6/c1-23-9-8-10-25(21-23)28(15-18-32-26-16-19-33(20-17-26)24(2)35)30-22-34(27-11-4-3-5-12-27)31-14-7-6-13-29(30)31;1-2/h6-10,13-14,21-22,26-28,32H,3-5,11-12,15-20H2,1-2H3;1-2H3. The van der Waals surface area contributed by atoms with Crippen LogP contribution in [0.4, 0.5) is 0 Å². The quantitative estimate of drug-likeness (QED) is 0.362. The van der Waals surface area contributed by atoms with Crippen molar-refractivity contribution >= 4 is 16.8 Å². The smallest absolute Gasteiger partial charge is 0.219 e. The van der Waals surface area contributed by atoms with E-state index < -0.39 is 0 Å². The fourth-order valence-corrected chi connectivity index (χ4v) is 6.39. The average Bonchev–Trinajstić information content (AvgIpc) is 3.32. The first-order valence-corrected chi connectivity index (χ1v) is 14.7. The lowest BCUT2D eigenvalue weighted by atomic mass is 9.87. The number of carbonyl (C=O) groups excluding carboxylic acids is 1. The number of benzene rings is 2. The van der Waals surface area contributed by atoms with Crippen molar-refractivity contribution in [2.24, 2.45) is 0 Å². The molecule has 1 aromatic heterocycles. The van der Waals surface area contributed by atoms with Gasteiger partial charge < -0.3 is 14.8 Å². The van der Waals surface area contributed by atoms with Crippen LogP contribution in [-0.4, -0.2) is 41.1 Å². The van der Waals surface area contributed by atoms with Gasteiger partial charge in [0.2, 0.25) is 5.91 Å². The summed E-state index contributed by atoms with van der Waals surface area (Å²) < 4.78 is 2.61. The van der Waals surface area contributed by atoms with Crippen LogP contribution >= 0.6 is 0 Å². The number of para-hydroxylation sites is 1. The Bertz CT molecular complexity index is 1140. The number of carbonyl (C=O) groups is 1. The summed E-state index contributed by atoms with van der Waals surface area (Å²) in [5, 5.41) is 5.26. The molecule has 2 fully saturated rings. The Morgan fingerprint density at radius 2 is 1.70 bits per heavy atom. The van der Waals surface area contributed by atoms with E-state index in [-0.39, 0.29) is 5.91 Å². The van der Waals surface area contributed by atoms with Gasteiger partial charge in [0.25, 0.3) is 0 Å². The summed E-state index contributed by atoms with van der Waals surface area (Å²) in [6.07, 6.45) is 12.4. The highest BCUT2D eigenvalue weighted by Crippen LogP contribution is 2.39. The molecule has 2 aliphatic rings. The minimum Gasteiger partial charge on any atom is -0.344 e. The number of likely N-dealkylation sites (tertiary alicyclic amines) is 1. The van der Waals surface area contributed by atoms with Crippen LogP contribution in [0, 0.1) is 6.92 Å². The molecule has 5 rings (SSSR count). The van der Waals surface area contributed by atoms with Crippen LogP contribution in [0.5, 0.6) is 0 Å². The van der Waals surface area contributed by atoms with Crippen LogP contribution in [0.1, 0.15) is 101 Å². The van der Waals surface area contributed by atoms with Gasteiger partial charge in [0, 0.05) is 55.1 Å². The van der Waals surface area contributed by atoms with Crippen LogP contribution in [-0.2, 0) is 4.79 Å². The monoisotopic (exact) mass is 501 g/mol. The first kappa shape index (κ1) is 27.4. The van der Waals surface area contributed by atoms with Gasteiger partial charge in [-0.05, 0) is 62.8 Å².